The van der Waals surface area contributed by atoms with Crippen LogP contribution in [-0.2, 0) is 0 Å². The zero-order valence-electron chi connectivity index (χ0n) is 14.9. The molecule has 4 rings (SSSR count). The first kappa shape index (κ1) is 18.5. The van der Waals surface area contributed by atoms with Crippen molar-refractivity contribution in [3.63, 3.8) is 0 Å². The van der Waals surface area contributed by atoms with Gasteiger partial charge in [0.1, 0.15) is 5.56 Å². The number of piperidine rings is 1. The second-order valence-corrected chi connectivity index (χ2v) is 7.15. The lowest BCUT2D eigenvalue weighted by molar-refractivity contribution is 0.102. The SMILES string of the molecule is O=C(Nc1cc(Cl)ccc1N1CCC(CO)CC1)c1cnn2nc(O)cnc12. The number of fused-ring (bicyclic) bond motifs is 1. The quantitative estimate of drug-likeness (QED) is 0.610. The Bertz CT molecular complexity index is 1020. The highest BCUT2D eigenvalue weighted by atomic mass is 35.5. The summed E-state index contributed by atoms with van der Waals surface area (Å²) in [6.07, 6.45) is 4.28. The van der Waals surface area contributed by atoms with Crippen LogP contribution in [0, 0.1) is 5.92 Å². The maximum absolute atomic E-state index is 12.8. The van der Waals surface area contributed by atoms with E-state index in [0.29, 0.717) is 16.6 Å². The van der Waals surface area contributed by atoms with Crippen molar-refractivity contribution in [2.75, 3.05) is 29.9 Å². The number of aromatic nitrogens is 4. The highest BCUT2D eigenvalue weighted by Gasteiger charge is 2.22. The van der Waals surface area contributed by atoms with Crippen molar-refractivity contribution < 1.29 is 15.0 Å². The molecule has 3 heterocycles. The van der Waals surface area contributed by atoms with Crippen LogP contribution in [-0.4, -0.2) is 55.6 Å². The van der Waals surface area contributed by atoms with E-state index in [1.807, 2.05) is 6.07 Å². The van der Waals surface area contributed by atoms with Crippen LogP contribution in [0.4, 0.5) is 11.4 Å². The number of anilines is 2. The molecule has 0 unspecified atom stereocenters. The molecule has 28 heavy (non-hydrogen) atoms. The number of carbonyl (C=O) groups excluding carboxylic acids is 1. The first-order chi connectivity index (χ1) is 13.5. The number of amides is 1. The molecule has 1 saturated heterocycles. The predicted octanol–water partition coefficient (Wildman–Crippen LogP) is 1.94. The van der Waals surface area contributed by atoms with Crippen LogP contribution in [0.15, 0.2) is 30.6 Å². The van der Waals surface area contributed by atoms with Gasteiger partial charge >= 0.3 is 0 Å². The highest BCUT2D eigenvalue weighted by Crippen LogP contribution is 2.32. The van der Waals surface area contributed by atoms with E-state index in [2.05, 4.69) is 25.4 Å². The van der Waals surface area contributed by atoms with Crippen LogP contribution in [0.3, 0.4) is 0 Å². The molecule has 0 spiro atoms. The molecule has 9 nitrogen and oxygen atoms in total. The van der Waals surface area contributed by atoms with E-state index < -0.39 is 5.91 Å². The summed E-state index contributed by atoms with van der Waals surface area (Å²) in [6, 6.07) is 5.37. The second-order valence-electron chi connectivity index (χ2n) is 6.72. The standard InChI is InChI=1S/C18H19ClN6O3/c19-12-1-2-15(24-5-3-11(10-26)4-6-24)14(7-12)22-18(28)13-8-21-25-17(13)20-9-16(27)23-25/h1-2,7-9,11,26H,3-6,10H2,(H,22,28)(H,23,27). The molecule has 0 aliphatic carbocycles. The fourth-order valence-corrected chi connectivity index (χ4v) is 3.53. The summed E-state index contributed by atoms with van der Waals surface area (Å²) in [5.74, 6) is -0.370. The van der Waals surface area contributed by atoms with Crippen LogP contribution in [0.1, 0.15) is 23.2 Å². The normalized spacial score (nSPS) is 15.1. The molecular weight excluding hydrogens is 384 g/mol. The van der Waals surface area contributed by atoms with Crippen molar-refractivity contribution in [3.05, 3.63) is 41.2 Å². The smallest absolute Gasteiger partial charge is 0.261 e. The van der Waals surface area contributed by atoms with Gasteiger partial charge in [0.15, 0.2) is 5.65 Å². The average molecular weight is 403 g/mol. The first-order valence-electron chi connectivity index (χ1n) is 8.92. The largest absolute Gasteiger partial charge is 0.491 e. The molecule has 3 aromatic rings. The lowest BCUT2D eigenvalue weighted by Crippen LogP contribution is -2.35. The molecule has 1 amide bonds. The minimum Gasteiger partial charge on any atom is -0.491 e. The molecule has 0 saturated carbocycles. The van der Waals surface area contributed by atoms with Gasteiger partial charge in [-0.15, -0.1) is 9.73 Å². The molecule has 1 aliphatic rings. The molecule has 0 radical (unpaired) electrons. The van der Waals surface area contributed by atoms with Gasteiger partial charge in [0, 0.05) is 24.7 Å². The Labute approximate surface area is 165 Å². The topological polar surface area (TPSA) is 116 Å². The monoisotopic (exact) mass is 402 g/mol. The van der Waals surface area contributed by atoms with E-state index in [-0.39, 0.29) is 23.7 Å². The molecule has 10 heteroatoms. The van der Waals surface area contributed by atoms with Gasteiger partial charge in [-0.2, -0.15) is 5.10 Å². The Morgan fingerprint density at radius 3 is 2.82 bits per heavy atom. The van der Waals surface area contributed by atoms with Gasteiger partial charge in [-0.25, -0.2) is 4.98 Å². The number of nitrogens with zero attached hydrogens (tertiary/aromatic N) is 5. The Kier molecular flexibility index (Phi) is 5.01. The van der Waals surface area contributed by atoms with E-state index in [1.54, 1.807) is 12.1 Å². The maximum Gasteiger partial charge on any atom is 0.261 e. The summed E-state index contributed by atoms with van der Waals surface area (Å²) in [5.41, 5.74) is 1.93. The van der Waals surface area contributed by atoms with E-state index in [1.165, 1.54) is 6.20 Å². The summed E-state index contributed by atoms with van der Waals surface area (Å²) in [6.45, 7) is 1.78. The minimum absolute atomic E-state index is 0.198. The molecule has 0 atom stereocenters. The Balaban J connectivity index is 1.60. The van der Waals surface area contributed by atoms with Crippen molar-refractivity contribution in [2.45, 2.75) is 12.8 Å². The summed E-state index contributed by atoms with van der Waals surface area (Å²) in [4.78, 5) is 19.0. The van der Waals surface area contributed by atoms with Crippen molar-refractivity contribution in [2.24, 2.45) is 5.92 Å². The number of aliphatic hydroxyl groups is 1. The highest BCUT2D eigenvalue weighted by molar-refractivity contribution is 6.31. The zero-order chi connectivity index (χ0) is 19.7. The molecule has 1 fully saturated rings. The van der Waals surface area contributed by atoms with Crippen LogP contribution in [0.2, 0.25) is 5.02 Å². The summed E-state index contributed by atoms with van der Waals surface area (Å²) < 4.78 is 1.10. The maximum atomic E-state index is 12.8. The van der Waals surface area contributed by atoms with Gasteiger partial charge in [-0.1, -0.05) is 11.6 Å². The molecule has 146 valence electrons. The summed E-state index contributed by atoms with van der Waals surface area (Å²) >= 11 is 6.15. The Hall–Kier alpha value is -2.91. The zero-order valence-corrected chi connectivity index (χ0v) is 15.7. The van der Waals surface area contributed by atoms with Gasteiger partial charge < -0.3 is 20.4 Å². The van der Waals surface area contributed by atoms with Crippen molar-refractivity contribution in [1.29, 1.82) is 0 Å². The Morgan fingerprint density at radius 2 is 2.07 bits per heavy atom. The van der Waals surface area contributed by atoms with E-state index in [9.17, 15) is 15.0 Å². The number of aromatic hydroxyl groups is 1. The van der Waals surface area contributed by atoms with Crippen molar-refractivity contribution >= 4 is 34.5 Å². The third kappa shape index (κ3) is 3.58. The molecule has 3 N–H and O–H groups in total. The lowest BCUT2D eigenvalue weighted by atomic mass is 9.97. The summed E-state index contributed by atoms with van der Waals surface area (Å²) in [7, 11) is 0. The third-order valence-corrected chi connectivity index (χ3v) is 5.13. The second kappa shape index (κ2) is 7.61. The third-order valence-electron chi connectivity index (χ3n) is 4.89. The lowest BCUT2D eigenvalue weighted by Gasteiger charge is -2.34. The van der Waals surface area contributed by atoms with Crippen LogP contribution >= 0.6 is 11.6 Å². The van der Waals surface area contributed by atoms with E-state index >= 15 is 0 Å². The van der Waals surface area contributed by atoms with Gasteiger partial charge in [-0.05, 0) is 37.0 Å². The van der Waals surface area contributed by atoms with Gasteiger partial charge in [-0.3, -0.25) is 4.79 Å². The minimum atomic E-state index is -0.399. The van der Waals surface area contributed by atoms with Crippen molar-refractivity contribution in [3.8, 4) is 5.88 Å². The summed E-state index contributed by atoms with van der Waals surface area (Å²) in [5, 5.41) is 29.8. The average Bonchev–Trinajstić information content (AvgIpc) is 3.11. The van der Waals surface area contributed by atoms with E-state index in [4.69, 9.17) is 11.6 Å². The number of nitrogens with one attached hydrogen (secondary N) is 1. The molecule has 1 aromatic carbocycles. The molecule has 2 aromatic heterocycles. The van der Waals surface area contributed by atoms with Gasteiger partial charge in [0.25, 0.3) is 5.91 Å². The number of hydrogen-bond acceptors (Lipinski definition) is 7. The van der Waals surface area contributed by atoms with Crippen LogP contribution in [0.5, 0.6) is 5.88 Å². The Morgan fingerprint density at radius 1 is 1.29 bits per heavy atom. The number of benzene rings is 1. The fourth-order valence-electron chi connectivity index (χ4n) is 3.36. The fraction of sp³-hybridized carbons (Fsp3) is 0.333. The number of hydrogen-bond donors (Lipinski definition) is 3. The van der Waals surface area contributed by atoms with Gasteiger partial charge in [0.2, 0.25) is 5.88 Å². The number of carbonyl (C=O) groups is 1. The molecule has 0 bridgehead atoms. The first-order valence-corrected chi connectivity index (χ1v) is 9.29. The number of aliphatic hydroxyl groups excluding tert-OH is 1. The van der Waals surface area contributed by atoms with E-state index in [0.717, 1.165) is 42.4 Å². The van der Waals surface area contributed by atoms with Gasteiger partial charge in [0.05, 0.1) is 23.8 Å². The molecule has 1 aliphatic heterocycles. The van der Waals surface area contributed by atoms with Crippen molar-refractivity contribution in [1.82, 2.24) is 19.8 Å². The molecular formula is C18H19ClN6O3. The van der Waals surface area contributed by atoms with Crippen LogP contribution in [0.25, 0.3) is 5.65 Å². The predicted molar refractivity (Wildman–Crippen MR) is 104 cm³/mol. The number of halogens is 1. The number of rotatable bonds is 4. The van der Waals surface area contributed by atoms with Crippen LogP contribution < -0.4 is 10.2 Å².